The fourth-order valence-electron chi connectivity index (χ4n) is 4.05. The van der Waals surface area contributed by atoms with Gasteiger partial charge < -0.3 is 9.84 Å². The van der Waals surface area contributed by atoms with Crippen molar-refractivity contribution in [2.45, 2.75) is 19.4 Å². The van der Waals surface area contributed by atoms with Crippen LogP contribution in [-0.4, -0.2) is 28.4 Å². The van der Waals surface area contributed by atoms with Crippen LogP contribution < -0.4 is 9.88 Å². The Hall–Kier alpha value is -4.57. The molecule has 5 rings (SSSR count). The second-order valence-corrected chi connectivity index (χ2v) is 9.13. The minimum atomic E-state index is -0.409. The van der Waals surface area contributed by atoms with Crippen molar-refractivity contribution in [2.75, 3.05) is 11.6 Å². The third-order valence-electron chi connectivity index (χ3n) is 5.79. The van der Waals surface area contributed by atoms with Crippen LogP contribution in [-0.2, 0) is 4.74 Å². The summed E-state index contributed by atoms with van der Waals surface area (Å²) in [6, 6.07) is 23.0. The van der Waals surface area contributed by atoms with Gasteiger partial charge in [-0.2, -0.15) is 5.10 Å². The van der Waals surface area contributed by atoms with Crippen molar-refractivity contribution >= 4 is 39.5 Å². The number of nitrogens with one attached hydrogen (secondary N) is 1. The lowest BCUT2D eigenvalue weighted by Gasteiger charge is -2.23. The zero-order valence-electron chi connectivity index (χ0n) is 19.9. The van der Waals surface area contributed by atoms with E-state index in [4.69, 9.17) is 9.84 Å². The Labute approximate surface area is 216 Å². The highest BCUT2D eigenvalue weighted by molar-refractivity contribution is 7.13. The number of anilines is 1. The molecule has 0 amide bonds. The summed E-state index contributed by atoms with van der Waals surface area (Å²) in [4.78, 5) is 26.8. The van der Waals surface area contributed by atoms with Crippen molar-refractivity contribution in [3.63, 3.8) is 0 Å². The summed E-state index contributed by atoms with van der Waals surface area (Å²) in [7, 11) is 0. The van der Waals surface area contributed by atoms with Gasteiger partial charge in [0.15, 0.2) is 10.8 Å². The van der Waals surface area contributed by atoms with Crippen LogP contribution in [0.3, 0.4) is 0 Å². The van der Waals surface area contributed by atoms with E-state index in [1.165, 1.54) is 0 Å². The number of aromatic hydroxyl groups is 1. The summed E-state index contributed by atoms with van der Waals surface area (Å²) in [5.74, 6) is 0.124. The number of para-hydroxylation sites is 1. The number of hydrogen-bond acceptors (Lipinski definition) is 9. The first kappa shape index (κ1) is 24.1. The van der Waals surface area contributed by atoms with Crippen LogP contribution in [0.1, 0.15) is 40.9 Å². The maximum atomic E-state index is 12.4. The number of benzene rings is 3. The number of hydrazone groups is 1. The van der Waals surface area contributed by atoms with E-state index in [1.807, 2.05) is 42.5 Å². The summed E-state index contributed by atoms with van der Waals surface area (Å²) < 4.78 is 5.00. The molecule has 37 heavy (non-hydrogen) atoms. The Morgan fingerprint density at radius 1 is 1.08 bits per heavy atom. The molecule has 0 saturated heterocycles. The Bertz CT molecular complexity index is 1530. The number of rotatable bonds is 7. The van der Waals surface area contributed by atoms with E-state index >= 15 is 0 Å². The Kier molecular flexibility index (Phi) is 6.91. The molecule has 0 saturated carbocycles. The number of azo groups is 1. The number of thiazole rings is 1. The molecule has 0 spiro atoms. The van der Waals surface area contributed by atoms with Gasteiger partial charge in [0.05, 0.1) is 29.6 Å². The molecular weight excluding hydrogens is 490 g/mol. The molecular formula is C27H23N5O4S. The number of phenolic OH excluding ortho intramolecular Hbond substituents is 1. The average molecular weight is 514 g/mol. The van der Waals surface area contributed by atoms with Gasteiger partial charge in [0, 0.05) is 12.0 Å². The highest BCUT2D eigenvalue weighted by atomic mass is 32.1. The van der Waals surface area contributed by atoms with Crippen LogP contribution in [0.15, 0.2) is 99.0 Å². The first-order chi connectivity index (χ1) is 18.0. The number of aromatic nitrogens is 1. The number of carbonyl (C=O) groups excluding carboxylic acids is 1. The number of H-pyrrole nitrogens is 1. The van der Waals surface area contributed by atoms with Crippen LogP contribution in [0.25, 0.3) is 0 Å². The molecule has 0 radical (unpaired) electrons. The van der Waals surface area contributed by atoms with Crippen LogP contribution in [0.2, 0.25) is 0 Å². The second-order valence-electron chi connectivity index (χ2n) is 8.17. The first-order valence-electron chi connectivity index (χ1n) is 11.7. The predicted octanol–water partition coefficient (Wildman–Crippen LogP) is 6.09. The van der Waals surface area contributed by atoms with E-state index in [1.54, 1.807) is 48.3 Å². The number of ether oxygens (including phenoxy) is 1. The third kappa shape index (κ3) is 5.19. The Balaban J connectivity index is 1.50. The zero-order valence-corrected chi connectivity index (χ0v) is 20.7. The van der Waals surface area contributed by atoms with Gasteiger partial charge in [0.25, 0.3) is 0 Å². The molecule has 1 aliphatic heterocycles. The average Bonchev–Trinajstić information content (AvgIpc) is 3.52. The fraction of sp³-hybridized carbons (Fsp3) is 0.148. The van der Waals surface area contributed by atoms with Crippen molar-refractivity contribution < 1.29 is 14.6 Å². The summed E-state index contributed by atoms with van der Waals surface area (Å²) >= 11 is 0.914. The topological polar surface area (TPSA) is 120 Å². The highest BCUT2D eigenvalue weighted by Gasteiger charge is 2.34. The monoisotopic (exact) mass is 513 g/mol. The molecule has 4 aromatic rings. The predicted molar refractivity (Wildman–Crippen MR) is 142 cm³/mol. The number of aromatic amines is 1. The van der Waals surface area contributed by atoms with Gasteiger partial charge in [-0.3, -0.25) is 9.78 Å². The number of hydrogen-bond donors (Lipinski definition) is 2. The summed E-state index contributed by atoms with van der Waals surface area (Å²) in [6.45, 7) is 2.04. The lowest BCUT2D eigenvalue weighted by Crippen LogP contribution is -2.19. The summed E-state index contributed by atoms with van der Waals surface area (Å²) in [5.41, 5.74) is 3.37. The number of phenols is 1. The highest BCUT2D eigenvalue weighted by Crippen LogP contribution is 2.43. The molecule has 1 atom stereocenters. The Morgan fingerprint density at radius 2 is 1.81 bits per heavy atom. The second kappa shape index (κ2) is 10.6. The molecule has 0 bridgehead atoms. The van der Waals surface area contributed by atoms with Gasteiger partial charge in [0.2, 0.25) is 0 Å². The fourth-order valence-corrected chi connectivity index (χ4v) is 4.70. The quantitative estimate of drug-likeness (QED) is 0.229. The molecule has 9 nitrogen and oxygen atoms in total. The van der Waals surface area contributed by atoms with Gasteiger partial charge in [0.1, 0.15) is 5.75 Å². The summed E-state index contributed by atoms with van der Waals surface area (Å²) in [5, 5.41) is 26.0. The minimum absolute atomic E-state index is 0.143. The Morgan fingerprint density at radius 3 is 2.54 bits per heavy atom. The molecule has 10 heteroatoms. The molecule has 1 aliphatic rings. The third-order valence-corrected chi connectivity index (χ3v) is 6.55. The standard InChI is InChI=1S/C27H23N5O4S/c1-2-36-26(34)18-12-14-19(15-13-18)29-30-25-24(28-27(35)37-25)32-22(20-10-6-7-11-23(20)33)16-21(31-32)17-8-4-3-5-9-17/h3-15,22,33H,2,16H2,1H3,(H,28,35)/t22-/m0/s1. The lowest BCUT2D eigenvalue weighted by atomic mass is 9.98. The van der Waals surface area contributed by atoms with Crippen molar-refractivity contribution in [3.05, 3.63) is 105 Å². The molecule has 0 fully saturated rings. The SMILES string of the molecule is CCOC(=O)c1ccc(N=Nc2sc(=O)[nH]c2N2N=C(c3ccccc3)C[C@H]2c2ccccc2O)cc1. The smallest absolute Gasteiger partial charge is 0.338 e. The lowest BCUT2D eigenvalue weighted by molar-refractivity contribution is 0.0526. The van der Waals surface area contributed by atoms with Gasteiger partial charge >= 0.3 is 10.8 Å². The minimum Gasteiger partial charge on any atom is -0.508 e. The van der Waals surface area contributed by atoms with Crippen LogP contribution >= 0.6 is 11.3 Å². The molecule has 2 N–H and O–H groups in total. The molecule has 2 heterocycles. The summed E-state index contributed by atoms with van der Waals surface area (Å²) in [6.07, 6.45) is 0.519. The van der Waals surface area contributed by atoms with E-state index < -0.39 is 5.97 Å². The number of nitrogens with zero attached hydrogens (tertiary/aromatic N) is 4. The van der Waals surface area contributed by atoms with E-state index in [0.29, 0.717) is 40.7 Å². The van der Waals surface area contributed by atoms with Crippen molar-refractivity contribution in [1.29, 1.82) is 0 Å². The maximum absolute atomic E-state index is 12.4. The van der Waals surface area contributed by atoms with Gasteiger partial charge in [-0.1, -0.05) is 59.9 Å². The van der Waals surface area contributed by atoms with Crippen LogP contribution in [0, 0.1) is 0 Å². The first-order valence-corrected chi connectivity index (χ1v) is 12.5. The zero-order chi connectivity index (χ0) is 25.8. The molecule has 1 aromatic heterocycles. The molecule has 3 aromatic carbocycles. The number of carbonyl (C=O) groups is 1. The normalized spacial score (nSPS) is 15.2. The largest absolute Gasteiger partial charge is 0.508 e. The maximum Gasteiger partial charge on any atom is 0.338 e. The van der Waals surface area contributed by atoms with Crippen LogP contribution in [0.5, 0.6) is 5.75 Å². The molecule has 186 valence electrons. The van der Waals surface area contributed by atoms with E-state index in [-0.39, 0.29) is 16.7 Å². The van der Waals surface area contributed by atoms with Gasteiger partial charge in [-0.05, 0) is 42.8 Å². The van der Waals surface area contributed by atoms with Crippen molar-refractivity contribution in [1.82, 2.24) is 4.98 Å². The van der Waals surface area contributed by atoms with Gasteiger partial charge in [-0.15, -0.1) is 10.2 Å². The molecule has 0 unspecified atom stereocenters. The molecule has 0 aliphatic carbocycles. The van der Waals surface area contributed by atoms with E-state index in [2.05, 4.69) is 15.2 Å². The van der Waals surface area contributed by atoms with E-state index in [9.17, 15) is 14.7 Å². The van der Waals surface area contributed by atoms with Crippen LogP contribution in [0.4, 0.5) is 16.5 Å². The van der Waals surface area contributed by atoms with Crippen molar-refractivity contribution in [2.24, 2.45) is 15.3 Å². The van der Waals surface area contributed by atoms with E-state index in [0.717, 1.165) is 22.6 Å². The van der Waals surface area contributed by atoms with Gasteiger partial charge in [-0.25, -0.2) is 9.80 Å². The van der Waals surface area contributed by atoms with Crippen molar-refractivity contribution in [3.8, 4) is 5.75 Å². The number of esters is 1.